The fraction of sp³-hybridized carbons (Fsp3) is 0.364. The highest BCUT2D eigenvalue weighted by Gasteiger charge is 2.43. The quantitative estimate of drug-likeness (QED) is 0.691. The van der Waals surface area contributed by atoms with E-state index in [-0.39, 0.29) is 18.3 Å². The minimum Gasteiger partial charge on any atom is -0.497 e. The predicted molar refractivity (Wildman–Crippen MR) is 113 cm³/mol. The number of Topliss-reactive ketones (excluding diaryl/α,β-unsaturated/α-hetero) is 1. The number of carbonyl (C=O) groups is 2. The van der Waals surface area contributed by atoms with Crippen LogP contribution in [0.25, 0.3) is 0 Å². The van der Waals surface area contributed by atoms with E-state index in [1.54, 1.807) is 48.4 Å². The first-order chi connectivity index (χ1) is 14.4. The van der Waals surface area contributed by atoms with E-state index in [9.17, 15) is 9.59 Å². The van der Waals surface area contributed by atoms with Crippen LogP contribution in [0.2, 0.25) is 10.0 Å². The Morgan fingerprint density at radius 2 is 1.93 bits per heavy atom. The molecule has 0 saturated carbocycles. The van der Waals surface area contributed by atoms with Crippen molar-refractivity contribution in [1.29, 1.82) is 0 Å². The molecule has 0 bridgehead atoms. The topological polar surface area (TPSA) is 65.1 Å². The van der Waals surface area contributed by atoms with E-state index in [1.165, 1.54) is 0 Å². The summed E-state index contributed by atoms with van der Waals surface area (Å²) in [4.78, 5) is 26.9. The zero-order chi connectivity index (χ0) is 21.3. The molecular weight excluding hydrogens is 429 g/mol. The van der Waals surface area contributed by atoms with Crippen molar-refractivity contribution in [3.8, 4) is 17.2 Å². The molecule has 1 spiro atoms. The third kappa shape index (κ3) is 4.20. The summed E-state index contributed by atoms with van der Waals surface area (Å²) in [5, 5.41) is 0.859. The summed E-state index contributed by atoms with van der Waals surface area (Å²) in [5.74, 6) is 1.52. The Hall–Kier alpha value is -2.44. The second-order valence-corrected chi connectivity index (χ2v) is 8.33. The number of piperidine rings is 1. The van der Waals surface area contributed by atoms with Crippen molar-refractivity contribution >= 4 is 34.9 Å². The summed E-state index contributed by atoms with van der Waals surface area (Å²) >= 11 is 12.0. The first kappa shape index (κ1) is 20.8. The van der Waals surface area contributed by atoms with Gasteiger partial charge in [-0.1, -0.05) is 23.2 Å². The minimum atomic E-state index is -0.590. The van der Waals surface area contributed by atoms with E-state index in [0.29, 0.717) is 65.2 Å². The summed E-state index contributed by atoms with van der Waals surface area (Å²) in [7, 11) is 1.57. The summed E-state index contributed by atoms with van der Waals surface area (Å²) in [6.45, 7) is 0.862. The van der Waals surface area contributed by atoms with Crippen LogP contribution >= 0.6 is 23.2 Å². The molecule has 6 nitrogen and oxygen atoms in total. The van der Waals surface area contributed by atoms with Crippen LogP contribution in [0.15, 0.2) is 36.4 Å². The molecule has 1 fully saturated rings. The lowest BCUT2D eigenvalue weighted by Gasteiger charge is -2.43. The molecule has 158 valence electrons. The molecule has 0 aromatic heterocycles. The zero-order valence-corrected chi connectivity index (χ0v) is 18.0. The van der Waals surface area contributed by atoms with Gasteiger partial charge in [-0.2, -0.15) is 0 Å². The molecule has 2 aliphatic rings. The number of halogens is 2. The predicted octanol–water partition coefficient (Wildman–Crippen LogP) is 4.41. The highest BCUT2D eigenvalue weighted by Crippen LogP contribution is 2.40. The van der Waals surface area contributed by atoms with E-state index in [0.717, 1.165) is 0 Å². The van der Waals surface area contributed by atoms with Crippen LogP contribution in [0.1, 0.15) is 29.6 Å². The van der Waals surface area contributed by atoms with Gasteiger partial charge in [0.1, 0.15) is 22.8 Å². The number of ether oxygens (including phenoxy) is 3. The summed E-state index contributed by atoms with van der Waals surface area (Å²) in [5.41, 5.74) is -0.0127. The minimum absolute atomic E-state index is 0.0550. The fourth-order valence-corrected chi connectivity index (χ4v) is 4.33. The SMILES string of the molecule is COc1ccc2c(c1)OC1(CCN(C(=O)COc3ccc(Cl)cc3Cl)CC1)CC2=O. The smallest absolute Gasteiger partial charge is 0.260 e. The van der Waals surface area contributed by atoms with E-state index in [2.05, 4.69) is 0 Å². The van der Waals surface area contributed by atoms with E-state index >= 15 is 0 Å². The second-order valence-electron chi connectivity index (χ2n) is 7.49. The Morgan fingerprint density at radius 1 is 1.17 bits per heavy atom. The van der Waals surface area contributed by atoms with Crippen molar-refractivity contribution in [3.63, 3.8) is 0 Å². The lowest BCUT2D eigenvalue weighted by Crippen LogP contribution is -2.53. The highest BCUT2D eigenvalue weighted by atomic mass is 35.5. The van der Waals surface area contributed by atoms with Crippen molar-refractivity contribution in [2.75, 3.05) is 26.8 Å². The standard InChI is InChI=1S/C22H21Cl2NO5/c1-28-15-3-4-16-18(26)12-22(30-20(16)11-15)6-8-25(9-7-22)21(27)13-29-19-5-2-14(23)10-17(19)24/h2-5,10-11H,6-9,12-13H2,1H3. The molecule has 0 aliphatic carbocycles. The van der Waals surface area contributed by atoms with Gasteiger partial charge >= 0.3 is 0 Å². The first-order valence-electron chi connectivity index (χ1n) is 9.65. The third-order valence-electron chi connectivity index (χ3n) is 5.57. The molecule has 0 N–H and O–H groups in total. The van der Waals surface area contributed by atoms with Crippen molar-refractivity contribution in [2.24, 2.45) is 0 Å². The molecule has 0 radical (unpaired) electrons. The Bertz CT molecular complexity index is 985. The van der Waals surface area contributed by atoms with Crippen LogP contribution < -0.4 is 14.2 Å². The van der Waals surface area contributed by atoms with Gasteiger partial charge in [-0.15, -0.1) is 0 Å². The van der Waals surface area contributed by atoms with Crippen LogP contribution in [0, 0.1) is 0 Å². The number of methoxy groups -OCH3 is 1. The van der Waals surface area contributed by atoms with Crippen LogP contribution in [0.3, 0.4) is 0 Å². The molecule has 2 heterocycles. The van der Waals surface area contributed by atoms with Gasteiger partial charge in [-0.3, -0.25) is 9.59 Å². The van der Waals surface area contributed by atoms with Gasteiger partial charge in [-0.25, -0.2) is 0 Å². The lowest BCUT2D eigenvalue weighted by atomic mass is 9.82. The average molecular weight is 450 g/mol. The van der Waals surface area contributed by atoms with Gasteiger partial charge < -0.3 is 19.1 Å². The van der Waals surface area contributed by atoms with Crippen molar-refractivity contribution in [3.05, 3.63) is 52.0 Å². The molecule has 2 aliphatic heterocycles. The summed E-state index contributed by atoms with van der Waals surface area (Å²) < 4.78 is 17.1. The van der Waals surface area contributed by atoms with Crippen molar-refractivity contribution < 1.29 is 23.8 Å². The highest BCUT2D eigenvalue weighted by molar-refractivity contribution is 6.35. The lowest BCUT2D eigenvalue weighted by molar-refractivity contribution is -0.136. The molecular formula is C22H21Cl2NO5. The monoisotopic (exact) mass is 449 g/mol. The molecule has 0 atom stereocenters. The van der Waals surface area contributed by atoms with Gasteiger partial charge in [0, 0.05) is 37.0 Å². The maximum absolute atomic E-state index is 12.6. The number of fused-ring (bicyclic) bond motifs is 1. The van der Waals surface area contributed by atoms with E-state index in [1.807, 2.05) is 0 Å². The van der Waals surface area contributed by atoms with Crippen molar-refractivity contribution in [1.82, 2.24) is 4.90 Å². The van der Waals surface area contributed by atoms with Gasteiger partial charge in [0.25, 0.3) is 5.91 Å². The van der Waals surface area contributed by atoms with Gasteiger partial charge in [0.15, 0.2) is 12.4 Å². The number of carbonyl (C=O) groups excluding carboxylic acids is 2. The second kappa shape index (κ2) is 8.36. The Labute approximate surface area is 184 Å². The number of rotatable bonds is 4. The largest absolute Gasteiger partial charge is 0.497 e. The van der Waals surface area contributed by atoms with Crippen LogP contribution in [-0.4, -0.2) is 49.0 Å². The van der Waals surface area contributed by atoms with Gasteiger partial charge in [-0.05, 0) is 30.3 Å². The molecule has 0 unspecified atom stereocenters. The number of nitrogens with zero attached hydrogens (tertiary/aromatic N) is 1. The molecule has 8 heteroatoms. The normalized spacial score (nSPS) is 17.3. The Morgan fingerprint density at radius 3 is 2.63 bits per heavy atom. The van der Waals surface area contributed by atoms with Gasteiger partial charge in [0.2, 0.25) is 0 Å². The molecule has 30 heavy (non-hydrogen) atoms. The number of hydrogen-bond acceptors (Lipinski definition) is 5. The number of ketones is 1. The van der Waals surface area contributed by atoms with E-state index < -0.39 is 5.60 Å². The average Bonchev–Trinajstić information content (AvgIpc) is 2.73. The van der Waals surface area contributed by atoms with Crippen LogP contribution in [0.4, 0.5) is 0 Å². The number of likely N-dealkylation sites (tertiary alicyclic amines) is 1. The Kier molecular flexibility index (Phi) is 5.80. The number of hydrogen-bond donors (Lipinski definition) is 0. The zero-order valence-electron chi connectivity index (χ0n) is 16.5. The maximum atomic E-state index is 12.6. The van der Waals surface area contributed by atoms with Gasteiger partial charge in [0.05, 0.1) is 24.1 Å². The molecule has 2 aromatic carbocycles. The van der Waals surface area contributed by atoms with Crippen molar-refractivity contribution in [2.45, 2.75) is 24.9 Å². The third-order valence-corrected chi connectivity index (χ3v) is 6.10. The first-order valence-corrected chi connectivity index (χ1v) is 10.4. The molecule has 1 amide bonds. The number of benzene rings is 2. The Balaban J connectivity index is 1.37. The van der Waals surface area contributed by atoms with E-state index in [4.69, 9.17) is 37.4 Å². The van der Waals surface area contributed by atoms with Crippen LogP contribution in [-0.2, 0) is 4.79 Å². The summed E-state index contributed by atoms with van der Waals surface area (Å²) in [6.07, 6.45) is 1.46. The summed E-state index contributed by atoms with van der Waals surface area (Å²) in [6, 6.07) is 10.1. The maximum Gasteiger partial charge on any atom is 0.260 e. The molecule has 1 saturated heterocycles. The molecule has 4 rings (SSSR count). The fourth-order valence-electron chi connectivity index (χ4n) is 3.87. The van der Waals surface area contributed by atoms with Crippen LogP contribution in [0.5, 0.6) is 17.2 Å². The molecule has 2 aromatic rings. The number of amides is 1.